The van der Waals surface area contributed by atoms with Gasteiger partial charge >= 0.3 is 0 Å². The van der Waals surface area contributed by atoms with Gasteiger partial charge in [0, 0.05) is 18.0 Å². The predicted octanol–water partition coefficient (Wildman–Crippen LogP) is 4.23. The number of benzene rings is 1. The standard InChI is InChI=1S/C18H21FN4S2.ClH/c1-12-17(24-11-21-12)9-23(8-13-4-5-20-7-13)10-18-22-15-3-2-14(19)6-16(15)25-18;/h2-3,6,11,13,20H,4-5,7-10H2,1H3;1H. The summed E-state index contributed by atoms with van der Waals surface area (Å²) in [6, 6.07) is 4.83. The molecule has 1 N–H and O–H groups in total. The van der Waals surface area contributed by atoms with E-state index in [0.717, 1.165) is 53.6 Å². The van der Waals surface area contributed by atoms with Gasteiger partial charge in [-0.2, -0.15) is 0 Å². The number of hydrogen-bond donors (Lipinski definition) is 1. The Morgan fingerprint density at radius 3 is 2.96 bits per heavy atom. The van der Waals surface area contributed by atoms with Crippen LogP contribution in [0.5, 0.6) is 0 Å². The first-order chi connectivity index (χ1) is 12.2. The molecule has 0 amide bonds. The van der Waals surface area contributed by atoms with Crippen LogP contribution >= 0.6 is 35.1 Å². The van der Waals surface area contributed by atoms with Crippen LogP contribution in [0, 0.1) is 18.7 Å². The van der Waals surface area contributed by atoms with Crippen molar-refractivity contribution in [2.75, 3.05) is 19.6 Å². The molecule has 0 spiro atoms. The molecule has 0 saturated carbocycles. The molecular formula is C18H22ClFN4S2. The van der Waals surface area contributed by atoms with Crippen molar-refractivity contribution in [3.8, 4) is 0 Å². The van der Waals surface area contributed by atoms with Crippen LogP contribution in [0.25, 0.3) is 10.2 Å². The summed E-state index contributed by atoms with van der Waals surface area (Å²) < 4.78 is 14.4. The molecule has 1 atom stereocenters. The maximum atomic E-state index is 13.4. The molecule has 2 aromatic heterocycles. The van der Waals surface area contributed by atoms with E-state index in [1.165, 1.54) is 17.4 Å². The molecule has 1 saturated heterocycles. The molecule has 1 fully saturated rings. The Bertz CT molecular complexity index is 860. The molecule has 3 heterocycles. The van der Waals surface area contributed by atoms with E-state index in [1.807, 2.05) is 5.51 Å². The van der Waals surface area contributed by atoms with E-state index in [4.69, 9.17) is 4.98 Å². The Morgan fingerprint density at radius 1 is 1.35 bits per heavy atom. The summed E-state index contributed by atoms with van der Waals surface area (Å²) in [7, 11) is 0. The fraction of sp³-hybridized carbons (Fsp3) is 0.444. The fourth-order valence-corrected chi connectivity index (χ4v) is 5.16. The smallest absolute Gasteiger partial charge is 0.124 e. The second kappa shape index (κ2) is 8.71. The Labute approximate surface area is 166 Å². The van der Waals surface area contributed by atoms with Crippen molar-refractivity contribution in [1.82, 2.24) is 20.2 Å². The van der Waals surface area contributed by atoms with E-state index in [0.29, 0.717) is 5.92 Å². The lowest BCUT2D eigenvalue weighted by molar-refractivity contribution is 0.222. The zero-order valence-corrected chi connectivity index (χ0v) is 17.0. The lowest BCUT2D eigenvalue weighted by Crippen LogP contribution is -2.29. The molecule has 4 nitrogen and oxygen atoms in total. The van der Waals surface area contributed by atoms with Gasteiger partial charge in [-0.15, -0.1) is 35.1 Å². The topological polar surface area (TPSA) is 41.1 Å². The molecule has 8 heteroatoms. The number of hydrogen-bond acceptors (Lipinski definition) is 6. The summed E-state index contributed by atoms with van der Waals surface area (Å²) in [6.45, 7) is 7.02. The van der Waals surface area contributed by atoms with Crippen molar-refractivity contribution < 1.29 is 4.39 Å². The normalized spacial score (nSPS) is 17.1. The van der Waals surface area contributed by atoms with Crippen molar-refractivity contribution in [3.63, 3.8) is 0 Å². The lowest BCUT2D eigenvalue weighted by Gasteiger charge is -2.24. The fourth-order valence-electron chi connectivity index (χ4n) is 3.31. The molecule has 0 aliphatic carbocycles. The third-order valence-corrected chi connectivity index (χ3v) is 6.57. The Morgan fingerprint density at radius 2 is 2.23 bits per heavy atom. The average Bonchev–Trinajstić information content (AvgIpc) is 3.30. The largest absolute Gasteiger partial charge is 0.316 e. The number of aromatic nitrogens is 2. The van der Waals surface area contributed by atoms with E-state index in [2.05, 4.69) is 22.1 Å². The highest BCUT2D eigenvalue weighted by atomic mass is 35.5. The number of aryl methyl sites for hydroxylation is 1. The van der Waals surface area contributed by atoms with Crippen molar-refractivity contribution >= 4 is 45.3 Å². The maximum absolute atomic E-state index is 13.4. The second-order valence-corrected chi connectivity index (χ2v) is 8.66. The minimum absolute atomic E-state index is 0. The quantitative estimate of drug-likeness (QED) is 0.657. The molecular weight excluding hydrogens is 391 g/mol. The molecule has 140 valence electrons. The van der Waals surface area contributed by atoms with Gasteiger partial charge in [0.05, 0.1) is 28.0 Å². The molecule has 4 rings (SSSR count). The van der Waals surface area contributed by atoms with Crippen molar-refractivity contribution in [2.24, 2.45) is 5.92 Å². The first kappa shape index (κ1) is 19.6. The van der Waals surface area contributed by atoms with Crippen LogP contribution < -0.4 is 5.32 Å². The minimum atomic E-state index is -0.197. The van der Waals surface area contributed by atoms with Gasteiger partial charge in [0.25, 0.3) is 0 Å². The van der Waals surface area contributed by atoms with Gasteiger partial charge in [-0.05, 0) is 50.6 Å². The van der Waals surface area contributed by atoms with Gasteiger partial charge in [-0.3, -0.25) is 4.90 Å². The van der Waals surface area contributed by atoms with Gasteiger partial charge in [-0.25, -0.2) is 14.4 Å². The van der Waals surface area contributed by atoms with Crippen LogP contribution in [0.1, 0.15) is 22.0 Å². The summed E-state index contributed by atoms with van der Waals surface area (Å²) in [5.74, 6) is 0.483. The number of rotatable bonds is 6. The van der Waals surface area contributed by atoms with E-state index >= 15 is 0 Å². The monoisotopic (exact) mass is 412 g/mol. The summed E-state index contributed by atoms with van der Waals surface area (Å²) in [6.07, 6.45) is 1.23. The maximum Gasteiger partial charge on any atom is 0.124 e. The molecule has 26 heavy (non-hydrogen) atoms. The van der Waals surface area contributed by atoms with E-state index < -0.39 is 0 Å². The zero-order chi connectivity index (χ0) is 17.2. The summed E-state index contributed by atoms with van der Waals surface area (Å²) in [4.78, 5) is 12.9. The molecule has 1 aromatic carbocycles. The lowest BCUT2D eigenvalue weighted by atomic mass is 10.1. The van der Waals surface area contributed by atoms with Gasteiger partial charge < -0.3 is 5.32 Å². The van der Waals surface area contributed by atoms with Crippen molar-refractivity contribution in [2.45, 2.75) is 26.4 Å². The van der Waals surface area contributed by atoms with Crippen LogP contribution in [0.3, 0.4) is 0 Å². The molecule has 0 radical (unpaired) electrons. The van der Waals surface area contributed by atoms with E-state index in [9.17, 15) is 4.39 Å². The number of halogens is 2. The van der Waals surface area contributed by atoms with E-state index in [1.54, 1.807) is 34.8 Å². The Kier molecular flexibility index (Phi) is 6.58. The molecule has 0 bridgehead atoms. The third kappa shape index (κ3) is 4.58. The highest BCUT2D eigenvalue weighted by Gasteiger charge is 2.20. The highest BCUT2D eigenvalue weighted by Crippen LogP contribution is 2.26. The highest BCUT2D eigenvalue weighted by molar-refractivity contribution is 7.18. The minimum Gasteiger partial charge on any atom is -0.316 e. The van der Waals surface area contributed by atoms with Crippen LogP contribution in [0.15, 0.2) is 23.7 Å². The van der Waals surface area contributed by atoms with Gasteiger partial charge in [0.2, 0.25) is 0 Å². The van der Waals surface area contributed by atoms with Gasteiger partial charge in [0.1, 0.15) is 10.8 Å². The van der Waals surface area contributed by atoms with Crippen LogP contribution in [0.2, 0.25) is 0 Å². The Hall–Kier alpha value is -1.12. The molecule has 3 aromatic rings. The molecule has 1 aliphatic heterocycles. The van der Waals surface area contributed by atoms with Gasteiger partial charge in [-0.1, -0.05) is 0 Å². The van der Waals surface area contributed by atoms with Crippen LogP contribution in [0.4, 0.5) is 4.39 Å². The zero-order valence-electron chi connectivity index (χ0n) is 14.6. The van der Waals surface area contributed by atoms with Crippen LogP contribution in [-0.4, -0.2) is 34.5 Å². The molecule has 1 aliphatic rings. The molecule has 1 unspecified atom stereocenters. The van der Waals surface area contributed by atoms with E-state index in [-0.39, 0.29) is 18.2 Å². The van der Waals surface area contributed by atoms with Gasteiger partial charge in [0.15, 0.2) is 0 Å². The number of nitrogens with one attached hydrogen (secondary N) is 1. The van der Waals surface area contributed by atoms with Crippen molar-refractivity contribution in [1.29, 1.82) is 0 Å². The number of nitrogens with zero attached hydrogens (tertiary/aromatic N) is 3. The predicted molar refractivity (Wildman–Crippen MR) is 109 cm³/mol. The third-order valence-electron chi connectivity index (χ3n) is 4.64. The second-order valence-electron chi connectivity index (χ2n) is 6.61. The summed E-state index contributed by atoms with van der Waals surface area (Å²) >= 11 is 3.31. The number of fused-ring (bicyclic) bond motifs is 1. The van der Waals surface area contributed by atoms with Crippen molar-refractivity contribution in [3.05, 3.63) is 45.1 Å². The number of thiazole rings is 2. The Balaban J connectivity index is 0.00000196. The first-order valence-electron chi connectivity index (χ1n) is 8.54. The summed E-state index contributed by atoms with van der Waals surface area (Å²) in [5.41, 5.74) is 3.92. The first-order valence-corrected chi connectivity index (χ1v) is 10.2. The summed E-state index contributed by atoms with van der Waals surface area (Å²) in [5, 5.41) is 4.50. The van der Waals surface area contributed by atoms with Crippen LogP contribution in [-0.2, 0) is 13.1 Å². The SMILES string of the molecule is Cc1ncsc1CN(Cc1nc2ccc(F)cc2s1)CC1CCNC1.Cl. The average molecular weight is 413 g/mol.